The number of sulfonamides is 1. The summed E-state index contributed by atoms with van der Waals surface area (Å²) in [5.74, 6) is -0.326. The normalized spacial score (nSPS) is 16.2. The molecule has 0 saturated carbocycles. The van der Waals surface area contributed by atoms with Gasteiger partial charge in [0.05, 0.1) is 18.0 Å². The molecule has 0 fully saturated rings. The van der Waals surface area contributed by atoms with Crippen LogP contribution in [0.3, 0.4) is 0 Å². The van der Waals surface area contributed by atoms with Crippen LogP contribution in [0.15, 0.2) is 48.5 Å². The summed E-state index contributed by atoms with van der Waals surface area (Å²) >= 11 is 0. The number of halogens is 1. The van der Waals surface area contributed by atoms with Crippen LogP contribution in [0.4, 0.5) is 10.1 Å². The lowest BCUT2D eigenvalue weighted by Gasteiger charge is -2.34. The summed E-state index contributed by atoms with van der Waals surface area (Å²) in [7, 11) is -3.52. The Labute approximate surface area is 164 Å². The second-order valence-corrected chi connectivity index (χ2v) is 8.71. The minimum atomic E-state index is -3.52. The van der Waals surface area contributed by atoms with Crippen molar-refractivity contribution in [1.82, 2.24) is 5.32 Å². The smallest absolute Gasteiger partial charge is 0.263 e. The highest BCUT2D eigenvalue weighted by Crippen LogP contribution is 2.35. The molecule has 1 heterocycles. The first kappa shape index (κ1) is 20.1. The van der Waals surface area contributed by atoms with E-state index in [0.717, 1.165) is 5.56 Å². The minimum absolute atomic E-state index is 0.0585. The van der Waals surface area contributed by atoms with Gasteiger partial charge < -0.3 is 10.1 Å². The van der Waals surface area contributed by atoms with Gasteiger partial charge in [0.2, 0.25) is 10.0 Å². The summed E-state index contributed by atoms with van der Waals surface area (Å²) in [6, 6.07) is 13.0. The van der Waals surface area contributed by atoms with Gasteiger partial charge in [0, 0.05) is 6.54 Å². The van der Waals surface area contributed by atoms with Crippen LogP contribution in [0.5, 0.6) is 5.75 Å². The van der Waals surface area contributed by atoms with E-state index in [9.17, 15) is 17.6 Å². The van der Waals surface area contributed by atoms with Gasteiger partial charge in [0.25, 0.3) is 5.91 Å². The molecule has 8 heteroatoms. The number of para-hydroxylation sites is 2. The van der Waals surface area contributed by atoms with Crippen LogP contribution < -0.4 is 14.4 Å². The fourth-order valence-electron chi connectivity index (χ4n) is 3.03. The molecule has 3 rings (SSSR count). The van der Waals surface area contributed by atoms with Gasteiger partial charge in [-0.2, -0.15) is 0 Å². The van der Waals surface area contributed by atoms with Crippen LogP contribution in [0.25, 0.3) is 0 Å². The molecule has 0 aromatic heterocycles. The van der Waals surface area contributed by atoms with E-state index in [1.807, 2.05) is 0 Å². The third kappa shape index (κ3) is 4.62. The first-order chi connectivity index (χ1) is 13.4. The van der Waals surface area contributed by atoms with E-state index in [0.29, 0.717) is 30.8 Å². The number of fused-ring (bicyclic) bond motifs is 1. The Bertz CT molecular complexity index is 931. The van der Waals surface area contributed by atoms with Crippen molar-refractivity contribution in [2.45, 2.75) is 25.9 Å². The maximum absolute atomic E-state index is 12.9. The second-order valence-electron chi connectivity index (χ2n) is 6.53. The van der Waals surface area contributed by atoms with Gasteiger partial charge in [-0.1, -0.05) is 24.3 Å². The summed E-state index contributed by atoms with van der Waals surface area (Å²) in [4.78, 5) is 12.5. The Kier molecular flexibility index (Phi) is 6.18. The van der Waals surface area contributed by atoms with Crippen molar-refractivity contribution < 1.29 is 22.3 Å². The van der Waals surface area contributed by atoms with Gasteiger partial charge in [-0.05, 0) is 49.6 Å². The van der Waals surface area contributed by atoms with Gasteiger partial charge in [0.15, 0.2) is 6.10 Å². The average molecular weight is 406 g/mol. The van der Waals surface area contributed by atoms with Crippen LogP contribution in [0.1, 0.15) is 18.9 Å². The molecule has 0 spiro atoms. The highest BCUT2D eigenvalue weighted by Gasteiger charge is 2.35. The van der Waals surface area contributed by atoms with Gasteiger partial charge in [-0.25, -0.2) is 12.8 Å². The standard InChI is InChI=1S/C20H23FN2O4S/c1-2-28(25,26)23-14-19(27-18-8-4-3-7-17(18)23)20(24)22-13-5-6-15-9-11-16(21)12-10-15/h3-4,7-12,19H,2,5-6,13-14H2,1H3,(H,22,24)/t19-/m1/s1. The van der Waals surface area contributed by atoms with Crippen LogP contribution in [0.2, 0.25) is 0 Å². The molecule has 28 heavy (non-hydrogen) atoms. The topological polar surface area (TPSA) is 75.7 Å². The highest BCUT2D eigenvalue weighted by molar-refractivity contribution is 7.92. The maximum Gasteiger partial charge on any atom is 0.263 e. The molecular formula is C20H23FN2O4S. The molecule has 1 N–H and O–H groups in total. The molecule has 2 aromatic rings. The minimum Gasteiger partial charge on any atom is -0.476 e. The predicted octanol–water partition coefficient (Wildman–Crippen LogP) is 2.49. The Morgan fingerprint density at radius 1 is 1.21 bits per heavy atom. The lowest BCUT2D eigenvalue weighted by molar-refractivity contribution is -0.127. The van der Waals surface area contributed by atoms with Gasteiger partial charge in [0.1, 0.15) is 11.6 Å². The zero-order valence-corrected chi connectivity index (χ0v) is 16.4. The first-order valence-electron chi connectivity index (χ1n) is 9.19. The summed E-state index contributed by atoms with van der Waals surface area (Å²) in [6.07, 6.45) is 0.463. The maximum atomic E-state index is 12.9. The molecule has 0 unspecified atom stereocenters. The van der Waals surface area contributed by atoms with Crippen LogP contribution in [0, 0.1) is 5.82 Å². The van der Waals surface area contributed by atoms with Crippen LogP contribution >= 0.6 is 0 Å². The first-order valence-corrected chi connectivity index (χ1v) is 10.8. The van der Waals surface area contributed by atoms with Crippen molar-refractivity contribution >= 4 is 21.6 Å². The van der Waals surface area contributed by atoms with Crippen LogP contribution in [-0.4, -0.2) is 39.3 Å². The van der Waals surface area contributed by atoms with E-state index in [4.69, 9.17) is 4.74 Å². The average Bonchev–Trinajstić information content (AvgIpc) is 2.71. The summed E-state index contributed by atoms with van der Waals surface area (Å²) in [6.45, 7) is 1.92. The monoisotopic (exact) mass is 406 g/mol. The Morgan fingerprint density at radius 3 is 2.64 bits per heavy atom. The number of ether oxygens (including phenoxy) is 1. The number of benzene rings is 2. The number of nitrogens with zero attached hydrogens (tertiary/aromatic N) is 1. The van der Waals surface area contributed by atoms with E-state index in [1.165, 1.54) is 16.4 Å². The third-order valence-electron chi connectivity index (χ3n) is 4.58. The molecule has 0 bridgehead atoms. The molecular weight excluding hydrogens is 383 g/mol. The SMILES string of the molecule is CCS(=O)(=O)N1C[C@H](C(=O)NCCCc2ccc(F)cc2)Oc2ccccc21. The van der Waals surface area contributed by atoms with Gasteiger partial charge >= 0.3 is 0 Å². The molecule has 1 amide bonds. The molecule has 1 aliphatic rings. The molecule has 0 aliphatic carbocycles. The largest absolute Gasteiger partial charge is 0.476 e. The number of carbonyl (C=O) groups excluding carboxylic acids is 1. The molecule has 2 aromatic carbocycles. The molecule has 1 atom stereocenters. The van der Waals surface area contributed by atoms with Crippen molar-refractivity contribution in [3.63, 3.8) is 0 Å². The van der Waals surface area contributed by atoms with Crippen molar-refractivity contribution in [3.8, 4) is 5.75 Å². The predicted molar refractivity (Wildman–Crippen MR) is 105 cm³/mol. The summed E-state index contributed by atoms with van der Waals surface area (Å²) < 4.78 is 44.8. The molecule has 0 radical (unpaired) electrons. The Balaban J connectivity index is 1.60. The molecule has 1 aliphatic heterocycles. The van der Waals surface area contributed by atoms with E-state index in [-0.39, 0.29) is 24.0 Å². The zero-order chi connectivity index (χ0) is 20.1. The number of aryl methyl sites for hydroxylation is 1. The Hall–Kier alpha value is -2.61. The second kappa shape index (κ2) is 8.60. The summed E-state index contributed by atoms with van der Waals surface area (Å²) in [5, 5.41) is 2.80. The lowest BCUT2D eigenvalue weighted by Crippen LogP contribution is -2.51. The molecule has 6 nitrogen and oxygen atoms in total. The fourth-order valence-corrected chi connectivity index (χ4v) is 4.15. The van der Waals surface area contributed by atoms with Crippen molar-refractivity contribution in [1.29, 1.82) is 0 Å². The third-order valence-corrected chi connectivity index (χ3v) is 6.33. The number of nitrogens with one attached hydrogen (secondary N) is 1. The quantitative estimate of drug-likeness (QED) is 0.717. The van der Waals surface area contributed by atoms with Crippen molar-refractivity contribution in [3.05, 3.63) is 59.9 Å². The lowest BCUT2D eigenvalue weighted by atomic mass is 10.1. The van der Waals surface area contributed by atoms with E-state index >= 15 is 0 Å². The van der Waals surface area contributed by atoms with Gasteiger partial charge in [-0.3, -0.25) is 9.10 Å². The Morgan fingerprint density at radius 2 is 1.93 bits per heavy atom. The number of hydrogen-bond donors (Lipinski definition) is 1. The highest BCUT2D eigenvalue weighted by atomic mass is 32.2. The molecule has 150 valence electrons. The van der Waals surface area contributed by atoms with E-state index in [2.05, 4.69) is 5.32 Å². The number of amides is 1. The number of rotatable bonds is 7. The van der Waals surface area contributed by atoms with E-state index < -0.39 is 16.1 Å². The number of anilines is 1. The van der Waals surface area contributed by atoms with E-state index in [1.54, 1.807) is 43.3 Å². The number of carbonyl (C=O) groups is 1. The van der Waals surface area contributed by atoms with Crippen molar-refractivity contribution in [2.75, 3.05) is 23.1 Å². The van der Waals surface area contributed by atoms with Gasteiger partial charge in [-0.15, -0.1) is 0 Å². The fraction of sp³-hybridized carbons (Fsp3) is 0.350. The zero-order valence-electron chi connectivity index (χ0n) is 15.6. The van der Waals surface area contributed by atoms with Crippen molar-refractivity contribution in [2.24, 2.45) is 0 Å². The number of hydrogen-bond acceptors (Lipinski definition) is 4. The van der Waals surface area contributed by atoms with Crippen LogP contribution in [-0.2, 0) is 21.2 Å². The molecule has 0 saturated heterocycles. The summed E-state index contributed by atoms with van der Waals surface area (Å²) in [5.41, 5.74) is 1.43.